The number of nitrogens with zero attached hydrogens (tertiary/aromatic N) is 3. The van der Waals surface area contributed by atoms with Crippen LogP contribution in [0, 0.1) is 11.3 Å². The van der Waals surface area contributed by atoms with Crippen molar-refractivity contribution in [1.82, 2.24) is 15.1 Å². The first-order valence-electron chi connectivity index (χ1n) is 5.08. The molecule has 0 spiro atoms. The molecule has 0 bridgehead atoms. The molecule has 0 atom stereocenters. The van der Waals surface area contributed by atoms with E-state index in [4.69, 9.17) is 5.26 Å². The van der Waals surface area contributed by atoms with Crippen molar-refractivity contribution in [2.75, 3.05) is 7.05 Å². The zero-order valence-corrected chi connectivity index (χ0v) is 10.0. The SMILES string of the molecule is CNC(=O)Cc1cnn(C(C)(C)C)c1C#N. The van der Waals surface area contributed by atoms with Crippen LogP contribution in [0.5, 0.6) is 0 Å². The van der Waals surface area contributed by atoms with Gasteiger partial charge in [-0.2, -0.15) is 10.4 Å². The highest BCUT2D eigenvalue weighted by Crippen LogP contribution is 2.18. The number of carbonyl (C=O) groups excluding carboxylic acids is 1. The molecule has 0 unspecified atom stereocenters. The molecule has 1 aromatic rings. The van der Waals surface area contributed by atoms with Crippen LogP contribution in [0.25, 0.3) is 0 Å². The molecule has 0 fully saturated rings. The van der Waals surface area contributed by atoms with Gasteiger partial charge in [0.2, 0.25) is 5.91 Å². The summed E-state index contributed by atoms with van der Waals surface area (Å²) in [6.45, 7) is 5.89. The van der Waals surface area contributed by atoms with E-state index in [1.807, 2.05) is 20.8 Å². The van der Waals surface area contributed by atoms with Crippen LogP contribution in [0.15, 0.2) is 6.20 Å². The Morgan fingerprint density at radius 1 is 1.62 bits per heavy atom. The van der Waals surface area contributed by atoms with Gasteiger partial charge in [0.15, 0.2) is 0 Å². The molecule has 0 aliphatic rings. The molecule has 0 saturated heterocycles. The molecule has 1 amide bonds. The standard InChI is InChI=1S/C11H16N4O/c1-11(2,3)15-9(6-12)8(7-14-15)5-10(16)13-4/h7H,5H2,1-4H3,(H,13,16). The van der Waals surface area contributed by atoms with E-state index >= 15 is 0 Å². The third-order valence-electron chi connectivity index (χ3n) is 2.22. The zero-order chi connectivity index (χ0) is 12.3. The maximum atomic E-state index is 11.3. The predicted molar refractivity (Wildman–Crippen MR) is 59.7 cm³/mol. The van der Waals surface area contributed by atoms with E-state index in [1.165, 1.54) is 0 Å². The Hall–Kier alpha value is -1.83. The number of amides is 1. The first-order chi connectivity index (χ1) is 7.40. The lowest BCUT2D eigenvalue weighted by atomic mass is 10.1. The van der Waals surface area contributed by atoms with Gasteiger partial charge in [0.05, 0.1) is 18.2 Å². The quantitative estimate of drug-likeness (QED) is 0.801. The second-order valence-corrected chi connectivity index (χ2v) is 4.56. The van der Waals surface area contributed by atoms with Crippen LogP contribution in [0.4, 0.5) is 0 Å². The van der Waals surface area contributed by atoms with E-state index < -0.39 is 0 Å². The summed E-state index contributed by atoms with van der Waals surface area (Å²) in [4.78, 5) is 11.3. The van der Waals surface area contributed by atoms with Crippen LogP contribution < -0.4 is 5.32 Å². The van der Waals surface area contributed by atoms with Crippen molar-refractivity contribution in [2.45, 2.75) is 32.7 Å². The minimum atomic E-state index is -0.258. The molecular weight excluding hydrogens is 204 g/mol. The number of carbonyl (C=O) groups is 1. The smallest absolute Gasteiger partial charge is 0.224 e. The fourth-order valence-electron chi connectivity index (χ4n) is 1.40. The number of hydrogen-bond donors (Lipinski definition) is 1. The normalized spacial score (nSPS) is 10.9. The molecule has 1 aromatic heterocycles. The molecule has 0 aliphatic carbocycles. The Balaban J connectivity index is 3.11. The number of rotatable bonds is 2. The first kappa shape index (κ1) is 12.2. The largest absolute Gasteiger partial charge is 0.359 e. The van der Waals surface area contributed by atoms with Gasteiger partial charge in [-0.3, -0.25) is 4.79 Å². The van der Waals surface area contributed by atoms with Gasteiger partial charge in [-0.15, -0.1) is 0 Å². The van der Waals surface area contributed by atoms with Crippen LogP contribution in [-0.2, 0) is 16.8 Å². The maximum absolute atomic E-state index is 11.3. The lowest BCUT2D eigenvalue weighted by Gasteiger charge is -2.20. The highest BCUT2D eigenvalue weighted by molar-refractivity contribution is 5.78. The van der Waals surface area contributed by atoms with Gasteiger partial charge in [0.1, 0.15) is 11.8 Å². The summed E-state index contributed by atoms with van der Waals surface area (Å²) in [5.74, 6) is -0.120. The molecule has 1 rings (SSSR count). The van der Waals surface area contributed by atoms with Gasteiger partial charge in [-0.1, -0.05) is 0 Å². The van der Waals surface area contributed by atoms with Crippen molar-refractivity contribution in [3.8, 4) is 6.07 Å². The van der Waals surface area contributed by atoms with Gasteiger partial charge in [-0.05, 0) is 20.8 Å². The molecule has 1 heterocycles. The summed E-state index contributed by atoms with van der Waals surface area (Å²) < 4.78 is 1.64. The van der Waals surface area contributed by atoms with Crippen molar-refractivity contribution >= 4 is 5.91 Å². The predicted octanol–water partition coefficient (Wildman–Crippen LogP) is 0.798. The third-order valence-corrected chi connectivity index (χ3v) is 2.22. The third kappa shape index (κ3) is 2.40. The minimum absolute atomic E-state index is 0.120. The fraction of sp³-hybridized carbons (Fsp3) is 0.545. The van der Waals surface area contributed by atoms with Gasteiger partial charge >= 0.3 is 0 Å². The molecule has 0 saturated carbocycles. The second kappa shape index (κ2) is 4.35. The van der Waals surface area contributed by atoms with Crippen LogP contribution in [0.2, 0.25) is 0 Å². The summed E-state index contributed by atoms with van der Waals surface area (Å²) in [6.07, 6.45) is 1.77. The van der Waals surface area contributed by atoms with Crippen LogP contribution in [0.1, 0.15) is 32.0 Å². The Labute approximate surface area is 95.1 Å². The van der Waals surface area contributed by atoms with Gasteiger partial charge < -0.3 is 5.32 Å². The van der Waals surface area contributed by atoms with E-state index in [2.05, 4.69) is 16.5 Å². The molecule has 0 aromatic carbocycles. The highest BCUT2D eigenvalue weighted by atomic mass is 16.1. The van der Waals surface area contributed by atoms with Crippen LogP contribution in [0.3, 0.4) is 0 Å². The lowest BCUT2D eigenvalue weighted by molar-refractivity contribution is -0.119. The van der Waals surface area contributed by atoms with E-state index in [0.717, 1.165) is 0 Å². The zero-order valence-electron chi connectivity index (χ0n) is 10.0. The van der Waals surface area contributed by atoms with Crippen molar-refractivity contribution in [3.05, 3.63) is 17.5 Å². The number of aromatic nitrogens is 2. The van der Waals surface area contributed by atoms with Crippen molar-refractivity contribution in [3.63, 3.8) is 0 Å². The molecule has 16 heavy (non-hydrogen) atoms. The van der Waals surface area contributed by atoms with Gasteiger partial charge in [-0.25, -0.2) is 4.68 Å². The summed E-state index contributed by atoms with van der Waals surface area (Å²) in [5, 5.41) is 15.8. The second-order valence-electron chi connectivity index (χ2n) is 4.56. The van der Waals surface area contributed by atoms with Crippen LogP contribution in [-0.4, -0.2) is 22.7 Å². The van der Waals surface area contributed by atoms with Crippen LogP contribution >= 0.6 is 0 Å². The number of nitriles is 1. The Bertz CT molecular complexity index is 434. The molecule has 86 valence electrons. The van der Waals surface area contributed by atoms with E-state index in [0.29, 0.717) is 11.3 Å². The lowest BCUT2D eigenvalue weighted by Crippen LogP contribution is -2.25. The monoisotopic (exact) mass is 220 g/mol. The maximum Gasteiger partial charge on any atom is 0.224 e. The summed E-state index contributed by atoms with van der Waals surface area (Å²) >= 11 is 0. The first-order valence-corrected chi connectivity index (χ1v) is 5.08. The van der Waals surface area contributed by atoms with Gasteiger partial charge in [0.25, 0.3) is 0 Å². The molecule has 0 radical (unpaired) electrons. The van der Waals surface area contributed by atoms with Crippen molar-refractivity contribution in [1.29, 1.82) is 5.26 Å². The molecule has 1 N–H and O–H groups in total. The van der Waals surface area contributed by atoms with Crippen molar-refractivity contribution in [2.24, 2.45) is 0 Å². The van der Waals surface area contributed by atoms with E-state index in [-0.39, 0.29) is 17.9 Å². The van der Waals surface area contributed by atoms with E-state index in [1.54, 1.807) is 17.9 Å². The highest BCUT2D eigenvalue weighted by Gasteiger charge is 2.21. The van der Waals surface area contributed by atoms with E-state index in [9.17, 15) is 4.79 Å². The summed E-state index contributed by atoms with van der Waals surface area (Å²) in [6, 6.07) is 2.10. The molecular formula is C11H16N4O. The number of nitrogens with one attached hydrogen (secondary N) is 1. The average molecular weight is 220 g/mol. The molecule has 0 aliphatic heterocycles. The molecule has 5 heteroatoms. The fourth-order valence-corrected chi connectivity index (χ4v) is 1.40. The number of hydrogen-bond acceptors (Lipinski definition) is 3. The van der Waals surface area contributed by atoms with Gasteiger partial charge in [0, 0.05) is 12.6 Å². The topological polar surface area (TPSA) is 70.7 Å². The summed E-state index contributed by atoms with van der Waals surface area (Å²) in [7, 11) is 1.57. The summed E-state index contributed by atoms with van der Waals surface area (Å²) in [5.41, 5.74) is 0.860. The Kier molecular flexibility index (Phi) is 3.33. The Morgan fingerprint density at radius 2 is 2.25 bits per heavy atom. The Morgan fingerprint density at radius 3 is 2.69 bits per heavy atom. The minimum Gasteiger partial charge on any atom is -0.359 e. The van der Waals surface area contributed by atoms with Crippen molar-refractivity contribution < 1.29 is 4.79 Å². The molecule has 5 nitrogen and oxygen atoms in total. The number of likely N-dealkylation sites (N-methyl/N-ethyl adjacent to an activating group) is 1. The average Bonchev–Trinajstić information content (AvgIpc) is 2.60.